The lowest BCUT2D eigenvalue weighted by atomic mass is 9.85. The summed E-state index contributed by atoms with van der Waals surface area (Å²) in [7, 11) is 1.56. The number of rotatable bonds is 2. The largest absolute Gasteiger partial charge is 0.480 e. The van der Waals surface area contributed by atoms with Gasteiger partial charge in [0.05, 0.1) is 6.10 Å². The van der Waals surface area contributed by atoms with Gasteiger partial charge >= 0.3 is 12.0 Å². The highest BCUT2D eigenvalue weighted by Crippen LogP contribution is 2.31. The molecule has 2 aliphatic heterocycles. The molecule has 0 aromatic heterocycles. The maximum absolute atomic E-state index is 12.7. The molecule has 0 saturated carbocycles. The zero-order valence-corrected chi connectivity index (χ0v) is 13.2. The number of amides is 2. The highest BCUT2D eigenvalue weighted by molar-refractivity contribution is 5.83. The molecule has 120 valence electrons. The van der Waals surface area contributed by atoms with Gasteiger partial charge in [-0.05, 0) is 24.7 Å². The fourth-order valence-electron chi connectivity index (χ4n) is 3.21. The lowest BCUT2D eigenvalue weighted by Crippen LogP contribution is -2.48. The molecular formula is C15H26N2O4. The summed E-state index contributed by atoms with van der Waals surface area (Å²) in [5, 5.41) is 9.31. The second-order valence-corrected chi connectivity index (χ2v) is 6.89. The molecule has 6 nitrogen and oxygen atoms in total. The third kappa shape index (κ3) is 3.67. The minimum atomic E-state index is -0.946. The van der Waals surface area contributed by atoms with E-state index in [1.54, 1.807) is 7.11 Å². The lowest BCUT2D eigenvalue weighted by Gasteiger charge is -2.30. The van der Waals surface area contributed by atoms with Gasteiger partial charge in [-0.2, -0.15) is 0 Å². The van der Waals surface area contributed by atoms with Crippen molar-refractivity contribution < 1.29 is 19.4 Å². The van der Waals surface area contributed by atoms with E-state index in [2.05, 4.69) is 13.8 Å². The zero-order chi connectivity index (χ0) is 15.6. The van der Waals surface area contributed by atoms with Crippen LogP contribution in [0.5, 0.6) is 0 Å². The van der Waals surface area contributed by atoms with E-state index in [9.17, 15) is 14.7 Å². The molecule has 2 rings (SSSR count). The van der Waals surface area contributed by atoms with Crippen molar-refractivity contribution in [2.24, 2.45) is 5.41 Å². The summed E-state index contributed by atoms with van der Waals surface area (Å²) in [6.07, 6.45) is 3.21. The van der Waals surface area contributed by atoms with Gasteiger partial charge in [-0.25, -0.2) is 9.59 Å². The second-order valence-electron chi connectivity index (χ2n) is 6.89. The number of carboxylic acids is 1. The van der Waals surface area contributed by atoms with Crippen molar-refractivity contribution in [3.8, 4) is 0 Å². The Morgan fingerprint density at radius 3 is 2.57 bits per heavy atom. The van der Waals surface area contributed by atoms with Gasteiger partial charge < -0.3 is 19.6 Å². The zero-order valence-electron chi connectivity index (χ0n) is 13.2. The summed E-state index contributed by atoms with van der Waals surface area (Å²) >= 11 is 0. The third-order valence-electron chi connectivity index (χ3n) is 4.74. The Bertz CT molecular complexity index is 410. The fraction of sp³-hybridized carbons (Fsp3) is 0.867. The van der Waals surface area contributed by atoms with Crippen molar-refractivity contribution >= 4 is 12.0 Å². The lowest BCUT2D eigenvalue weighted by molar-refractivity contribution is -0.141. The quantitative estimate of drug-likeness (QED) is 0.844. The van der Waals surface area contributed by atoms with Crippen LogP contribution in [0.1, 0.15) is 39.5 Å². The van der Waals surface area contributed by atoms with Crippen molar-refractivity contribution in [1.82, 2.24) is 9.80 Å². The van der Waals surface area contributed by atoms with E-state index in [4.69, 9.17) is 4.74 Å². The molecule has 0 aliphatic carbocycles. The summed E-state index contributed by atoms with van der Waals surface area (Å²) in [6.45, 7) is 6.22. The molecule has 0 bridgehead atoms. The van der Waals surface area contributed by atoms with Gasteiger partial charge in [0.1, 0.15) is 6.04 Å². The SMILES string of the molecule is COC1CC(C(=O)O)N(C(=O)N2CCCC(C)(C)CC2)C1. The topological polar surface area (TPSA) is 70.1 Å². The first-order valence-electron chi connectivity index (χ1n) is 7.65. The average Bonchev–Trinajstić information content (AvgIpc) is 2.77. The number of carboxylic acid groups (broad SMARTS) is 1. The van der Waals surface area contributed by atoms with Crippen LogP contribution < -0.4 is 0 Å². The van der Waals surface area contributed by atoms with Crippen molar-refractivity contribution in [3.63, 3.8) is 0 Å². The van der Waals surface area contributed by atoms with Crippen molar-refractivity contribution in [1.29, 1.82) is 0 Å². The summed E-state index contributed by atoms with van der Waals surface area (Å²) < 4.78 is 5.24. The Kier molecular flexibility index (Phi) is 4.76. The summed E-state index contributed by atoms with van der Waals surface area (Å²) in [5.74, 6) is -0.946. The summed E-state index contributed by atoms with van der Waals surface area (Å²) in [4.78, 5) is 27.3. The average molecular weight is 298 g/mol. The molecular weight excluding hydrogens is 272 g/mol. The molecule has 2 atom stereocenters. The number of hydrogen-bond donors (Lipinski definition) is 1. The number of carbonyl (C=O) groups excluding carboxylic acids is 1. The smallest absolute Gasteiger partial charge is 0.326 e. The Labute approximate surface area is 126 Å². The molecule has 2 heterocycles. The van der Waals surface area contributed by atoms with Crippen molar-refractivity contribution in [2.45, 2.75) is 51.7 Å². The molecule has 0 radical (unpaired) electrons. The maximum atomic E-state index is 12.7. The van der Waals surface area contributed by atoms with Crippen LogP contribution >= 0.6 is 0 Å². The van der Waals surface area contributed by atoms with Crippen LogP contribution in [0.25, 0.3) is 0 Å². The Hall–Kier alpha value is -1.30. The number of carbonyl (C=O) groups is 2. The van der Waals surface area contributed by atoms with Gasteiger partial charge in [0, 0.05) is 33.2 Å². The Balaban J connectivity index is 2.05. The second kappa shape index (κ2) is 6.22. The van der Waals surface area contributed by atoms with Crippen LogP contribution in [0.15, 0.2) is 0 Å². The molecule has 2 saturated heterocycles. The predicted octanol–water partition coefficient (Wildman–Crippen LogP) is 1.79. The minimum Gasteiger partial charge on any atom is -0.480 e. The minimum absolute atomic E-state index is 0.153. The van der Waals surface area contributed by atoms with Crippen LogP contribution in [0, 0.1) is 5.41 Å². The van der Waals surface area contributed by atoms with E-state index in [0.717, 1.165) is 19.3 Å². The number of hydrogen-bond acceptors (Lipinski definition) is 3. The number of ether oxygens (including phenoxy) is 1. The molecule has 2 amide bonds. The van der Waals surface area contributed by atoms with Gasteiger partial charge in [-0.3, -0.25) is 0 Å². The first-order chi connectivity index (χ1) is 9.84. The molecule has 21 heavy (non-hydrogen) atoms. The van der Waals surface area contributed by atoms with Crippen LogP contribution in [0.2, 0.25) is 0 Å². The summed E-state index contributed by atoms with van der Waals surface area (Å²) in [6, 6.07) is -0.918. The van der Waals surface area contributed by atoms with E-state index in [1.165, 1.54) is 4.90 Å². The number of aliphatic carboxylic acids is 1. The van der Waals surface area contributed by atoms with Crippen LogP contribution in [0.4, 0.5) is 4.79 Å². The number of nitrogens with zero attached hydrogens (tertiary/aromatic N) is 2. The molecule has 2 aliphatic rings. The molecule has 0 spiro atoms. The van der Waals surface area contributed by atoms with Crippen molar-refractivity contribution in [3.05, 3.63) is 0 Å². The molecule has 0 aromatic rings. The predicted molar refractivity (Wildman–Crippen MR) is 78.1 cm³/mol. The van der Waals surface area contributed by atoms with E-state index < -0.39 is 12.0 Å². The van der Waals surface area contributed by atoms with Crippen LogP contribution in [0.3, 0.4) is 0 Å². The molecule has 6 heteroatoms. The Morgan fingerprint density at radius 2 is 1.95 bits per heavy atom. The maximum Gasteiger partial charge on any atom is 0.326 e. The van der Waals surface area contributed by atoms with Gasteiger partial charge in [-0.1, -0.05) is 13.8 Å². The highest BCUT2D eigenvalue weighted by atomic mass is 16.5. The summed E-state index contributed by atoms with van der Waals surface area (Å²) in [5.41, 5.74) is 0.251. The van der Waals surface area contributed by atoms with Crippen molar-refractivity contribution in [2.75, 3.05) is 26.7 Å². The first kappa shape index (κ1) is 16.1. The van der Waals surface area contributed by atoms with Crippen LogP contribution in [-0.4, -0.2) is 65.8 Å². The van der Waals surface area contributed by atoms with E-state index in [0.29, 0.717) is 26.1 Å². The van der Waals surface area contributed by atoms with Crippen LogP contribution in [-0.2, 0) is 9.53 Å². The standard InChI is InChI=1S/C15H26N2O4/c1-15(2)5-4-7-16(8-6-15)14(20)17-10-11(21-3)9-12(17)13(18)19/h11-12H,4-10H2,1-3H3,(H,18,19). The van der Waals surface area contributed by atoms with Gasteiger partial charge in [0.25, 0.3) is 0 Å². The van der Waals surface area contributed by atoms with E-state index in [1.807, 2.05) is 4.90 Å². The van der Waals surface area contributed by atoms with E-state index in [-0.39, 0.29) is 17.6 Å². The molecule has 1 N–H and O–H groups in total. The van der Waals surface area contributed by atoms with Gasteiger partial charge in [0.15, 0.2) is 0 Å². The fourth-order valence-corrected chi connectivity index (χ4v) is 3.21. The molecule has 2 unspecified atom stereocenters. The monoisotopic (exact) mass is 298 g/mol. The van der Waals surface area contributed by atoms with Gasteiger partial charge in [0.2, 0.25) is 0 Å². The number of methoxy groups -OCH3 is 1. The number of likely N-dealkylation sites (tertiary alicyclic amines) is 2. The molecule has 2 fully saturated rings. The van der Waals surface area contributed by atoms with E-state index >= 15 is 0 Å². The van der Waals surface area contributed by atoms with Gasteiger partial charge in [-0.15, -0.1) is 0 Å². The third-order valence-corrected chi connectivity index (χ3v) is 4.74. The normalized spacial score (nSPS) is 29.3. The number of urea groups is 1. The Morgan fingerprint density at radius 1 is 1.24 bits per heavy atom. The first-order valence-corrected chi connectivity index (χ1v) is 7.65. The highest BCUT2D eigenvalue weighted by Gasteiger charge is 2.41. The molecule has 0 aromatic carbocycles.